The van der Waals surface area contributed by atoms with E-state index in [-0.39, 0.29) is 0 Å². The predicted molar refractivity (Wildman–Crippen MR) is 125 cm³/mol. The summed E-state index contributed by atoms with van der Waals surface area (Å²) < 4.78 is 6.85. The molecule has 1 saturated heterocycles. The largest absolute Gasteiger partial charge is 0.462 e. The van der Waals surface area contributed by atoms with Crippen molar-refractivity contribution in [3.63, 3.8) is 0 Å². The summed E-state index contributed by atoms with van der Waals surface area (Å²) in [6, 6.07) is 13.3. The van der Waals surface area contributed by atoms with Crippen molar-refractivity contribution in [2.45, 2.75) is 31.8 Å². The average Bonchev–Trinajstić information content (AvgIpc) is 3.16. The summed E-state index contributed by atoms with van der Waals surface area (Å²) in [6.45, 7) is 3.36. The van der Waals surface area contributed by atoms with Crippen LogP contribution in [0.4, 0.5) is 5.69 Å². The van der Waals surface area contributed by atoms with E-state index in [4.69, 9.17) is 21.3 Å². The summed E-state index contributed by atoms with van der Waals surface area (Å²) in [6.07, 6.45) is 3.27. The minimum Gasteiger partial charge on any atom is -0.462 e. The number of hydrogen-bond donors (Lipinski definition) is 0. The van der Waals surface area contributed by atoms with Crippen LogP contribution < -0.4 is 9.64 Å². The molecule has 0 aliphatic carbocycles. The fraction of sp³-hybridized carbons (Fsp3) is 0.391. The summed E-state index contributed by atoms with van der Waals surface area (Å²) in [5.74, 6) is 0. The molecular formula is C23H24BrClN4O. The van der Waals surface area contributed by atoms with Crippen LogP contribution in [0.5, 0.6) is 6.01 Å². The van der Waals surface area contributed by atoms with Crippen molar-refractivity contribution in [2.75, 3.05) is 31.6 Å². The van der Waals surface area contributed by atoms with Gasteiger partial charge in [-0.05, 0) is 66.3 Å². The lowest BCUT2D eigenvalue weighted by Gasteiger charge is -2.31. The van der Waals surface area contributed by atoms with E-state index < -0.39 is 0 Å². The zero-order chi connectivity index (χ0) is 20.7. The van der Waals surface area contributed by atoms with Gasteiger partial charge in [-0.2, -0.15) is 9.97 Å². The molecule has 2 aliphatic rings. The number of rotatable bonds is 4. The Morgan fingerprint density at radius 2 is 2.00 bits per heavy atom. The van der Waals surface area contributed by atoms with Crippen LogP contribution in [-0.4, -0.2) is 47.7 Å². The summed E-state index contributed by atoms with van der Waals surface area (Å²) in [5.41, 5.74) is 3.33. The summed E-state index contributed by atoms with van der Waals surface area (Å²) in [7, 11) is 2.15. The molecule has 0 bridgehead atoms. The molecule has 5 rings (SSSR count). The normalized spacial score (nSPS) is 19.3. The van der Waals surface area contributed by atoms with Gasteiger partial charge in [0.2, 0.25) is 0 Å². The number of halogens is 2. The maximum Gasteiger partial charge on any atom is 0.317 e. The topological polar surface area (TPSA) is 41.5 Å². The third kappa shape index (κ3) is 3.77. The number of aromatic nitrogens is 2. The minimum atomic E-state index is 0.442. The third-order valence-electron chi connectivity index (χ3n) is 6.24. The second kappa shape index (κ2) is 8.33. The van der Waals surface area contributed by atoms with Gasteiger partial charge in [-0.25, -0.2) is 0 Å². The SMILES string of the molecule is CN1CCC[C@H]1COc1nc(Br)c2c(n1)CN(c1cccc3cccc(Cl)c13)CC2. The Kier molecular flexibility index (Phi) is 5.56. The molecule has 2 aromatic carbocycles. The first kappa shape index (κ1) is 20.0. The number of nitrogens with zero attached hydrogens (tertiary/aromatic N) is 4. The van der Waals surface area contributed by atoms with E-state index in [0.29, 0.717) is 25.2 Å². The number of ether oxygens (including phenoxy) is 1. The monoisotopic (exact) mass is 486 g/mol. The van der Waals surface area contributed by atoms with Gasteiger partial charge >= 0.3 is 6.01 Å². The molecule has 0 spiro atoms. The third-order valence-corrected chi connectivity index (χ3v) is 7.21. The Bertz CT molecular complexity index is 1090. The van der Waals surface area contributed by atoms with Gasteiger partial charge in [0.1, 0.15) is 11.2 Å². The van der Waals surface area contributed by atoms with Crippen LogP contribution in [0.2, 0.25) is 5.02 Å². The van der Waals surface area contributed by atoms with Gasteiger partial charge in [-0.1, -0.05) is 35.9 Å². The number of hydrogen-bond acceptors (Lipinski definition) is 5. The van der Waals surface area contributed by atoms with Gasteiger partial charge in [0.25, 0.3) is 0 Å². The summed E-state index contributed by atoms with van der Waals surface area (Å²) in [4.78, 5) is 14.0. The first-order valence-electron chi connectivity index (χ1n) is 10.4. The molecule has 156 valence electrons. The number of fused-ring (bicyclic) bond motifs is 2. The fourth-order valence-corrected chi connectivity index (χ4v) is 5.39. The number of likely N-dealkylation sites (N-methyl/N-ethyl adjacent to an activating group) is 1. The van der Waals surface area contributed by atoms with E-state index in [1.165, 1.54) is 12.0 Å². The van der Waals surface area contributed by atoms with Gasteiger partial charge in [0.15, 0.2) is 0 Å². The highest BCUT2D eigenvalue weighted by atomic mass is 79.9. The Labute approximate surface area is 190 Å². The van der Waals surface area contributed by atoms with E-state index in [0.717, 1.165) is 57.7 Å². The molecule has 0 radical (unpaired) electrons. The lowest BCUT2D eigenvalue weighted by molar-refractivity contribution is 0.187. The van der Waals surface area contributed by atoms with Gasteiger partial charge in [-0.15, -0.1) is 0 Å². The second-order valence-electron chi connectivity index (χ2n) is 8.10. The molecule has 0 unspecified atom stereocenters. The first-order valence-corrected chi connectivity index (χ1v) is 11.6. The van der Waals surface area contributed by atoms with Crippen molar-refractivity contribution in [3.05, 3.63) is 57.3 Å². The molecule has 0 N–H and O–H groups in total. The molecule has 3 heterocycles. The molecule has 0 amide bonds. The van der Waals surface area contributed by atoms with Crippen LogP contribution in [-0.2, 0) is 13.0 Å². The van der Waals surface area contributed by atoms with Crippen LogP contribution in [0.15, 0.2) is 41.0 Å². The maximum atomic E-state index is 6.56. The fourth-order valence-electron chi connectivity index (χ4n) is 4.53. The van der Waals surface area contributed by atoms with Crippen molar-refractivity contribution in [1.29, 1.82) is 0 Å². The van der Waals surface area contributed by atoms with Crippen molar-refractivity contribution < 1.29 is 4.74 Å². The highest BCUT2D eigenvalue weighted by Gasteiger charge is 2.25. The van der Waals surface area contributed by atoms with Crippen molar-refractivity contribution in [1.82, 2.24) is 14.9 Å². The highest BCUT2D eigenvalue weighted by molar-refractivity contribution is 9.10. The van der Waals surface area contributed by atoms with Crippen molar-refractivity contribution >= 4 is 44.0 Å². The molecule has 3 aromatic rings. The zero-order valence-corrected chi connectivity index (χ0v) is 19.3. The lowest BCUT2D eigenvalue weighted by atomic mass is 10.0. The molecule has 1 aromatic heterocycles. The van der Waals surface area contributed by atoms with Crippen molar-refractivity contribution in [3.8, 4) is 6.01 Å². The van der Waals surface area contributed by atoms with Crippen LogP contribution in [0.3, 0.4) is 0 Å². The minimum absolute atomic E-state index is 0.442. The zero-order valence-electron chi connectivity index (χ0n) is 16.9. The first-order chi connectivity index (χ1) is 14.6. The Morgan fingerprint density at radius 1 is 1.17 bits per heavy atom. The maximum absolute atomic E-state index is 6.56. The Morgan fingerprint density at radius 3 is 2.80 bits per heavy atom. The van der Waals surface area contributed by atoms with E-state index >= 15 is 0 Å². The molecular weight excluding hydrogens is 464 g/mol. The van der Waals surface area contributed by atoms with Crippen molar-refractivity contribution in [2.24, 2.45) is 0 Å². The smallest absolute Gasteiger partial charge is 0.317 e. The van der Waals surface area contributed by atoms with E-state index in [2.05, 4.69) is 62.0 Å². The number of likely N-dealkylation sites (tertiary alicyclic amines) is 1. The molecule has 2 aliphatic heterocycles. The summed E-state index contributed by atoms with van der Waals surface area (Å²) in [5, 5.41) is 3.03. The second-order valence-corrected chi connectivity index (χ2v) is 9.25. The number of anilines is 1. The van der Waals surface area contributed by atoms with Crippen LogP contribution in [0, 0.1) is 0 Å². The molecule has 5 nitrogen and oxygen atoms in total. The van der Waals surface area contributed by atoms with Gasteiger partial charge in [0, 0.05) is 29.2 Å². The molecule has 1 atom stereocenters. The van der Waals surface area contributed by atoms with Crippen LogP contribution >= 0.6 is 27.5 Å². The highest BCUT2D eigenvalue weighted by Crippen LogP contribution is 2.36. The van der Waals surface area contributed by atoms with E-state index in [9.17, 15) is 0 Å². The standard InChI is InChI=1S/C23H24BrClN4O/c1-28-11-4-7-16(28)14-30-23-26-19-13-29(12-10-17(19)22(24)27-23)20-9-3-6-15-5-2-8-18(25)21(15)20/h2-3,5-6,8-9,16H,4,7,10-14H2,1H3/t16-/m0/s1. The van der Waals surface area contributed by atoms with Gasteiger partial charge < -0.3 is 14.5 Å². The molecule has 1 fully saturated rings. The van der Waals surface area contributed by atoms with Crippen LogP contribution in [0.25, 0.3) is 10.8 Å². The van der Waals surface area contributed by atoms with Crippen LogP contribution in [0.1, 0.15) is 24.1 Å². The van der Waals surface area contributed by atoms with Gasteiger partial charge in [-0.3, -0.25) is 0 Å². The molecule has 30 heavy (non-hydrogen) atoms. The van der Waals surface area contributed by atoms with E-state index in [1.807, 2.05) is 12.1 Å². The molecule has 7 heteroatoms. The predicted octanol–water partition coefficient (Wildman–Crippen LogP) is 5.08. The molecule has 0 saturated carbocycles. The Hall–Kier alpha value is -1.89. The quantitative estimate of drug-likeness (QED) is 0.480. The average molecular weight is 488 g/mol. The van der Waals surface area contributed by atoms with Gasteiger partial charge in [0.05, 0.1) is 17.3 Å². The van der Waals surface area contributed by atoms with E-state index in [1.54, 1.807) is 0 Å². The number of benzene rings is 2. The summed E-state index contributed by atoms with van der Waals surface area (Å²) >= 11 is 10.2. The lowest BCUT2D eigenvalue weighted by Crippen LogP contribution is -2.33. The Balaban J connectivity index is 1.41.